The summed E-state index contributed by atoms with van der Waals surface area (Å²) in [5.41, 5.74) is 0. The van der Waals surface area contributed by atoms with E-state index < -0.39 is 35.5 Å². The van der Waals surface area contributed by atoms with Crippen molar-refractivity contribution in [2.45, 2.75) is 30.3 Å². The first-order valence-electron chi connectivity index (χ1n) is 5.87. The van der Waals surface area contributed by atoms with Gasteiger partial charge in [-0.3, -0.25) is 9.83 Å². The summed E-state index contributed by atoms with van der Waals surface area (Å²) in [7, 11) is 0. The van der Waals surface area contributed by atoms with Crippen LogP contribution < -0.4 is 34.8 Å². The number of fused-ring (bicyclic) bond motifs is 1. The summed E-state index contributed by atoms with van der Waals surface area (Å²) in [4.78, 5) is 22.9. The van der Waals surface area contributed by atoms with E-state index >= 15 is 0 Å². The Bertz CT molecular complexity index is 451. The molecule has 1 heterocycles. The van der Waals surface area contributed by atoms with Crippen LogP contribution in [0.5, 0.6) is 0 Å². The van der Waals surface area contributed by atoms with Crippen LogP contribution in [0.2, 0.25) is 0 Å². The van der Waals surface area contributed by atoms with E-state index in [0.717, 1.165) is 0 Å². The number of hydrogen-bond donors (Lipinski definition) is 0. The van der Waals surface area contributed by atoms with Crippen LogP contribution in [0.1, 0.15) is 12.8 Å². The summed E-state index contributed by atoms with van der Waals surface area (Å²) in [6.45, 7) is 0. The van der Waals surface area contributed by atoms with E-state index in [0.29, 0.717) is 12.8 Å². The molecular weight excluding hydrogens is 325 g/mol. The fourth-order valence-electron chi connectivity index (χ4n) is 3.35. The predicted octanol–water partition coefficient (Wildman–Crippen LogP) is -3.05. The fraction of sp³-hybridized carbons (Fsp3) is 0.800. The smallest absolute Gasteiger partial charge is 0.691 e. The average Bonchev–Trinajstić information content (AvgIpc) is 3.00. The van der Waals surface area contributed by atoms with Crippen LogP contribution in [0.3, 0.4) is 0 Å². The number of halogens is 2. The number of hydrogen-bond acceptors (Lipinski definition) is 8. The van der Waals surface area contributed by atoms with Crippen LogP contribution in [0.4, 0.5) is 8.78 Å². The van der Waals surface area contributed by atoms with Gasteiger partial charge in [0.15, 0.2) is 0 Å². The Morgan fingerprint density at radius 2 is 2.14 bits per heavy atom. The molecule has 0 aromatic heterocycles. The Hall–Kier alpha value is 0.0300. The molecule has 0 N–H and O–H groups in total. The van der Waals surface area contributed by atoms with Gasteiger partial charge in [0.05, 0.1) is 5.92 Å². The van der Waals surface area contributed by atoms with Gasteiger partial charge in [0.1, 0.15) is 24.3 Å². The standard InChI is InChI=1S/C10H10F2O7S.Na/c11-10(12,20-19-18-15)9(14)17-6-3-1-4-5(2-3)8(13)16-7(4)6;/h3-7,15H,1-2H2;/q;+1/p-1. The van der Waals surface area contributed by atoms with Crippen molar-refractivity contribution in [2.24, 2.45) is 17.8 Å². The number of esters is 2. The first-order chi connectivity index (χ1) is 9.44. The first-order valence-corrected chi connectivity index (χ1v) is 6.62. The van der Waals surface area contributed by atoms with Gasteiger partial charge in [-0.05, 0) is 12.8 Å². The zero-order valence-corrected chi connectivity index (χ0v) is 13.6. The van der Waals surface area contributed by atoms with E-state index in [1.54, 1.807) is 0 Å². The Morgan fingerprint density at radius 1 is 1.43 bits per heavy atom. The van der Waals surface area contributed by atoms with Crippen molar-refractivity contribution in [3.8, 4) is 0 Å². The Labute approximate surface area is 144 Å². The van der Waals surface area contributed by atoms with E-state index in [-0.39, 0.29) is 53.3 Å². The molecule has 21 heavy (non-hydrogen) atoms. The minimum Gasteiger partial charge on any atom is -0.691 e. The molecule has 0 aromatic carbocycles. The summed E-state index contributed by atoms with van der Waals surface area (Å²) in [6, 6.07) is 0. The average molecular weight is 334 g/mol. The Kier molecular flexibility index (Phi) is 5.19. The molecule has 2 saturated carbocycles. The van der Waals surface area contributed by atoms with Gasteiger partial charge >= 0.3 is 46.8 Å². The Morgan fingerprint density at radius 3 is 2.81 bits per heavy atom. The molecule has 3 fully saturated rings. The zero-order valence-electron chi connectivity index (χ0n) is 10.8. The number of carbonyl (C=O) groups excluding carboxylic acids is 2. The van der Waals surface area contributed by atoms with Crippen LogP contribution in [-0.4, -0.2) is 29.4 Å². The van der Waals surface area contributed by atoms with Gasteiger partial charge in [-0.25, -0.2) is 4.79 Å². The maximum atomic E-state index is 13.3. The van der Waals surface area contributed by atoms with Gasteiger partial charge < -0.3 is 14.7 Å². The molecule has 0 amide bonds. The van der Waals surface area contributed by atoms with Gasteiger partial charge in [-0.2, -0.15) is 13.1 Å². The first kappa shape index (κ1) is 17.4. The molecule has 3 rings (SSSR count). The summed E-state index contributed by atoms with van der Waals surface area (Å²) in [6.07, 6.45) is -0.406. The monoisotopic (exact) mass is 334 g/mol. The summed E-state index contributed by atoms with van der Waals surface area (Å²) >= 11 is -0.740. The molecular formula is C10H9F2NaO7S. The topological polar surface area (TPSA) is 94.1 Å². The van der Waals surface area contributed by atoms with Gasteiger partial charge in [0.2, 0.25) is 0 Å². The quantitative estimate of drug-likeness (QED) is 0.172. The van der Waals surface area contributed by atoms with Crippen LogP contribution in [0, 0.1) is 17.8 Å². The second kappa shape index (κ2) is 6.26. The third-order valence-electron chi connectivity index (χ3n) is 4.06. The van der Waals surface area contributed by atoms with Crippen LogP contribution >= 0.6 is 12.0 Å². The minimum absolute atomic E-state index is 0. The van der Waals surface area contributed by atoms with E-state index in [1.165, 1.54) is 0 Å². The van der Waals surface area contributed by atoms with E-state index in [9.17, 15) is 23.6 Å². The molecule has 7 nitrogen and oxygen atoms in total. The molecule has 1 aliphatic heterocycles. The van der Waals surface area contributed by atoms with E-state index in [4.69, 9.17) is 9.47 Å². The van der Waals surface area contributed by atoms with Crippen molar-refractivity contribution in [1.82, 2.24) is 0 Å². The van der Waals surface area contributed by atoms with Crippen molar-refractivity contribution in [3.05, 3.63) is 0 Å². The van der Waals surface area contributed by atoms with Crippen LogP contribution in [0.25, 0.3) is 0 Å². The summed E-state index contributed by atoms with van der Waals surface area (Å²) in [5, 5.41) is 8.19. The van der Waals surface area contributed by atoms with Crippen molar-refractivity contribution in [3.63, 3.8) is 0 Å². The molecule has 112 valence electrons. The maximum Gasteiger partial charge on any atom is 1.00 e. The molecule has 0 radical (unpaired) electrons. The normalized spacial score (nSPS) is 36.3. The molecule has 5 unspecified atom stereocenters. The van der Waals surface area contributed by atoms with Crippen LogP contribution in [-0.2, 0) is 28.4 Å². The molecule has 11 heteroatoms. The van der Waals surface area contributed by atoms with Crippen LogP contribution in [0.15, 0.2) is 0 Å². The third kappa shape index (κ3) is 2.94. The Balaban J connectivity index is 0.00000161. The summed E-state index contributed by atoms with van der Waals surface area (Å²) < 4.78 is 39.8. The molecule has 2 bridgehead atoms. The second-order valence-electron chi connectivity index (χ2n) is 5.01. The number of carbonyl (C=O) groups is 2. The van der Waals surface area contributed by atoms with Crippen molar-refractivity contribution < 1.29 is 72.0 Å². The molecule has 3 aliphatic rings. The molecule has 0 aromatic rings. The second-order valence-corrected chi connectivity index (χ2v) is 5.82. The maximum absolute atomic E-state index is 13.3. The van der Waals surface area contributed by atoms with E-state index in [2.05, 4.69) is 9.37 Å². The number of alkyl halides is 2. The van der Waals surface area contributed by atoms with Gasteiger partial charge in [-0.1, -0.05) is 0 Å². The zero-order chi connectivity index (χ0) is 14.5. The van der Waals surface area contributed by atoms with E-state index in [1.807, 2.05) is 0 Å². The SMILES string of the molecule is O=C1OC2C3CC(CC13)C2OC(=O)C(F)(F)SOO[O-].[Na+]. The van der Waals surface area contributed by atoms with Gasteiger partial charge in [0, 0.05) is 11.8 Å². The molecule has 1 saturated heterocycles. The fourth-order valence-corrected chi connectivity index (χ4v) is 3.58. The molecule has 0 spiro atoms. The molecule has 5 atom stereocenters. The van der Waals surface area contributed by atoms with Gasteiger partial charge in [-0.15, -0.1) is 0 Å². The van der Waals surface area contributed by atoms with Crippen molar-refractivity contribution in [2.75, 3.05) is 0 Å². The largest absolute Gasteiger partial charge is 1.00 e. The van der Waals surface area contributed by atoms with Gasteiger partial charge in [0.25, 0.3) is 0 Å². The minimum atomic E-state index is -4.08. The number of ether oxygens (including phenoxy) is 2. The molecule has 2 aliphatic carbocycles. The predicted molar refractivity (Wildman–Crippen MR) is 54.2 cm³/mol. The summed E-state index contributed by atoms with van der Waals surface area (Å²) in [5.74, 6) is -2.62. The van der Waals surface area contributed by atoms with Crippen molar-refractivity contribution >= 4 is 24.0 Å². The number of rotatable bonds is 5. The third-order valence-corrected chi connectivity index (χ3v) is 4.56. The van der Waals surface area contributed by atoms with Crippen molar-refractivity contribution in [1.29, 1.82) is 0 Å².